The third kappa shape index (κ3) is 3.02. The van der Waals surface area contributed by atoms with Gasteiger partial charge in [0, 0.05) is 0 Å². The maximum atomic E-state index is 7.04. The fraction of sp³-hybridized carbons (Fsp3) is 0.538. The summed E-state index contributed by atoms with van der Waals surface area (Å²) in [6, 6.07) is 13.5. The van der Waals surface area contributed by atoms with Gasteiger partial charge in [-0.1, -0.05) is 56.1 Å². The first-order chi connectivity index (χ1) is 8.27. The van der Waals surface area contributed by atoms with E-state index >= 15 is 0 Å². The van der Waals surface area contributed by atoms with Crippen molar-refractivity contribution in [3.63, 3.8) is 0 Å². The quantitative estimate of drug-likeness (QED) is 0.456. The topological polar surface area (TPSA) is 3.24 Å². The van der Waals surface area contributed by atoms with Crippen LogP contribution in [0.15, 0.2) is 30.3 Å². The first-order valence-electron chi connectivity index (χ1n) is 6.77. The molecule has 17 heavy (non-hydrogen) atoms. The van der Waals surface area contributed by atoms with Crippen LogP contribution in [0.4, 0.5) is 0 Å². The summed E-state index contributed by atoms with van der Waals surface area (Å²) in [6.45, 7) is 3.54. The van der Waals surface area contributed by atoms with Crippen molar-refractivity contribution in [3.05, 3.63) is 30.3 Å². The van der Waals surface area contributed by atoms with Gasteiger partial charge < -0.3 is 4.23 Å². The molecule has 1 heterocycles. The Balaban J connectivity index is 2.07. The van der Waals surface area contributed by atoms with Crippen LogP contribution in [0.5, 0.6) is 0 Å². The van der Waals surface area contributed by atoms with Gasteiger partial charge in [0.15, 0.2) is 0 Å². The Hall–Kier alpha value is -0.0962. The molecular weight excluding hydrogens is 262 g/mol. The van der Waals surface area contributed by atoms with Gasteiger partial charge in [0.25, 0.3) is 7.55 Å². The van der Waals surface area contributed by atoms with E-state index in [2.05, 4.69) is 41.5 Å². The molecule has 0 spiro atoms. The maximum absolute atomic E-state index is 7.04. The zero-order valence-corrected chi connectivity index (χ0v) is 13.8. The fourth-order valence-corrected chi connectivity index (χ4v) is 11.8. The summed E-state index contributed by atoms with van der Waals surface area (Å²) in [4.78, 5) is 0. The lowest BCUT2D eigenvalue weighted by molar-refractivity contribution is 0.691. The van der Waals surface area contributed by atoms with Crippen molar-refractivity contribution in [3.8, 4) is 0 Å². The zero-order valence-electron chi connectivity index (χ0n) is 10.7. The highest BCUT2D eigenvalue weighted by Gasteiger charge is 2.43. The fourth-order valence-electron chi connectivity index (χ4n) is 2.70. The molecule has 1 nitrogen and oxygen atoms in total. The second-order valence-electron chi connectivity index (χ2n) is 4.92. The number of hydrogen-bond acceptors (Lipinski definition) is 1. The van der Waals surface area contributed by atoms with E-state index in [4.69, 9.17) is 11.1 Å². The van der Waals surface area contributed by atoms with Crippen LogP contribution >= 0.6 is 11.1 Å². The van der Waals surface area contributed by atoms with Gasteiger partial charge in [-0.05, 0) is 24.2 Å². The predicted molar refractivity (Wildman–Crippen MR) is 82.1 cm³/mol. The van der Waals surface area contributed by atoms with Crippen molar-refractivity contribution >= 4 is 33.5 Å². The largest absolute Gasteiger partial charge is 0.335 e. The average molecular weight is 284 g/mol. The zero-order chi connectivity index (χ0) is 12.1. The SMILES string of the molecule is CCCC[SiH2]N1CCC[Si]1(Cl)c1ccccc1. The summed E-state index contributed by atoms with van der Waals surface area (Å²) < 4.78 is 2.74. The summed E-state index contributed by atoms with van der Waals surface area (Å²) >= 11 is 7.04. The second-order valence-corrected chi connectivity index (χ2v) is 12.6. The molecule has 4 heteroatoms. The van der Waals surface area contributed by atoms with Crippen molar-refractivity contribution in [1.29, 1.82) is 0 Å². The maximum Gasteiger partial charge on any atom is 0.253 e. The molecule has 0 amide bonds. The van der Waals surface area contributed by atoms with E-state index in [1.54, 1.807) is 0 Å². The molecule has 1 aromatic carbocycles. The van der Waals surface area contributed by atoms with Crippen LogP contribution in [0, 0.1) is 0 Å². The van der Waals surface area contributed by atoms with Gasteiger partial charge in [-0.25, -0.2) is 0 Å². The molecule has 0 bridgehead atoms. The Morgan fingerprint density at radius 1 is 1.35 bits per heavy atom. The Bertz CT molecular complexity index is 347. The Morgan fingerprint density at radius 2 is 2.12 bits per heavy atom. The molecule has 0 aliphatic carbocycles. The molecule has 1 aromatic rings. The van der Waals surface area contributed by atoms with Gasteiger partial charge in [-0.3, -0.25) is 0 Å². The molecule has 0 N–H and O–H groups in total. The van der Waals surface area contributed by atoms with Crippen molar-refractivity contribution in [2.75, 3.05) is 6.54 Å². The summed E-state index contributed by atoms with van der Waals surface area (Å²) in [6.07, 6.45) is 4.02. The Labute approximate surface area is 113 Å². The van der Waals surface area contributed by atoms with Crippen molar-refractivity contribution in [2.45, 2.75) is 38.3 Å². The van der Waals surface area contributed by atoms with Crippen molar-refractivity contribution in [2.24, 2.45) is 0 Å². The van der Waals surface area contributed by atoms with E-state index in [-0.39, 0.29) is 9.68 Å². The van der Waals surface area contributed by atoms with Gasteiger partial charge in [-0.2, -0.15) is 0 Å². The molecular formula is C13H22ClNSi2. The lowest BCUT2D eigenvalue weighted by atomic mass is 10.4. The smallest absolute Gasteiger partial charge is 0.253 e. The van der Waals surface area contributed by atoms with Gasteiger partial charge in [0.05, 0.1) is 9.68 Å². The minimum atomic E-state index is -1.77. The minimum absolute atomic E-state index is 0.108. The summed E-state index contributed by atoms with van der Waals surface area (Å²) in [5.74, 6) is 0. The molecule has 94 valence electrons. The van der Waals surface area contributed by atoms with Crippen LogP contribution in [-0.4, -0.2) is 28.0 Å². The van der Waals surface area contributed by atoms with Crippen LogP contribution in [0.3, 0.4) is 0 Å². The molecule has 1 unspecified atom stereocenters. The van der Waals surface area contributed by atoms with Crippen LogP contribution < -0.4 is 5.19 Å². The van der Waals surface area contributed by atoms with Gasteiger partial charge in [0.1, 0.15) is 0 Å². The van der Waals surface area contributed by atoms with E-state index in [0.29, 0.717) is 0 Å². The van der Waals surface area contributed by atoms with E-state index in [0.717, 1.165) is 0 Å². The van der Waals surface area contributed by atoms with Crippen LogP contribution in [0.25, 0.3) is 0 Å². The number of hydrogen-bond donors (Lipinski definition) is 0. The summed E-state index contributed by atoms with van der Waals surface area (Å²) in [5, 5.41) is 1.43. The molecule has 1 aliphatic rings. The highest BCUT2D eigenvalue weighted by molar-refractivity contribution is 7.27. The van der Waals surface area contributed by atoms with E-state index in [1.165, 1.54) is 43.1 Å². The Kier molecular flexibility index (Phi) is 4.85. The lowest BCUT2D eigenvalue weighted by Crippen LogP contribution is -2.55. The summed E-state index contributed by atoms with van der Waals surface area (Å²) in [7, 11) is -1.88. The lowest BCUT2D eigenvalue weighted by Gasteiger charge is -2.31. The molecule has 1 saturated heterocycles. The molecule has 0 radical (unpaired) electrons. The molecule has 0 saturated carbocycles. The predicted octanol–water partition coefficient (Wildman–Crippen LogP) is 2.58. The highest BCUT2D eigenvalue weighted by Crippen LogP contribution is 2.29. The van der Waals surface area contributed by atoms with Crippen molar-refractivity contribution < 1.29 is 0 Å². The third-order valence-corrected chi connectivity index (χ3v) is 13.6. The minimum Gasteiger partial charge on any atom is -0.335 e. The third-order valence-electron chi connectivity index (χ3n) is 3.69. The molecule has 0 aromatic heterocycles. The first-order valence-corrected chi connectivity index (χ1v) is 11.6. The Morgan fingerprint density at radius 3 is 2.82 bits per heavy atom. The second kappa shape index (κ2) is 6.18. The average Bonchev–Trinajstić information content (AvgIpc) is 2.74. The van der Waals surface area contributed by atoms with Gasteiger partial charge >= 0.3 is 0 Å². The van der Waals surface area contributed by atoms with Crippen LogP contribution in [0.2, 0.25) is 12.1 Å². The normalized spacial score (nSPS) is 26.0. The number of halogens is 1. The summed E-state index contributed by atoms with van der Waals surface area (Å²) in [5.41, 5.74) is 0. The van der Waals surface area contributed by atoms with Gasteiger partial charge in [-0.15, -0.1) is 11.1 Å². The number of nitrogens with zero attached hydrogens (tertiary/aromatic N) is 1. The molecule has 1 fully saturated rings. The van der Waals surface area contributed by atoms with Gasteiger partial charge in [0.2, 0.25) is 0 Å². The molecule has 1 aliphatic heterocycles. The highest BCUT2D eigenvalue weighted by atomic mass is 35.6. The van der Waals surface area contributed by atoms with Crippen LogP contribution in [0.1, 0.15) is 26.2 Å². The molecule has 2 rings (SSSR count). The number of benzene rings is 1. The van der Waals surface area contributed by atoms with E-state index < -0.39 is 7.55 Å². The van der Waals surface area contributed by atoms with Crippen LogP contribution in [-0.2, 0) is 0 Å². The van der Waals surface area contributed by atoms with E-state index in [9.17, 15) is 0 Å². The number of rotatable bonds is 5. The standard InChI is InChI=1S/C13H22ClNSi2/c1-2-3-11-16-15-10-7-12-17(15,14)13-8-5-4-6-9-13/h4-6,8-9H,2-3,7,10-12,16H2,1H3. The first kappa shape index (κ1) is 13.3. The monoisotopic (exact) mass is 283 g/mol. The molecule has 1 atom stereocenters. The van der Waals surface area contributed by atoms with Crippen molar-refractivity contribution in [1.82, 2.24) is 4.23 Å². The van der Waals surface area contributed by atoms with E-state index in [1.807, 2.05) is 0 Å². The number of unbranched alkanes of at least 4 members (excludes halogenated alkanes) is 1.